The molecule has 1 aliphatic heterocycles. The van der Waals surface area contributed by atoms with Gasteiger partial charge in [0.15, 0.2) is 0 Å². The second-order valence-electron chi connectivity index (χ2n) is 7.47. The van der Waals surface area contributed by atoms with Crippen LogP contribution >= 0.6 is 0 Å². The Hall–Kier alpha value is -4.14. The SMILES string of the molecule is O=C(CC1C(=O)N(c2ccc(F)cc2)C(=O)N1Cc1cccc(F)c1)Nc1ccc(F)cc1. The maximum Gasteiger partial charge on any atom is 0.332 e. The van der Waals surface area contributed by atoms with Crippen LogP contribution in [0.3, 0.4) is 0 Å². The lowest BCUT2D eigenvalue weighted by atomic mass is 10.1. The van der Waals surface area contributed by atoms with Crippen LogP contribution in [0.5, 0.6) is 0 Å². The molecule has 1 N–H and O–H groups in total. The van der Waals surface area contributed by atoms with Crippen LogP contribution < -0.4 is 10.2 Å². The first kappa shape index (κ1) is 22.1. The number of rotatable bonds is 6. The number of carbonyl (C=O) groups is 3. The molecule has 9 heteroatoms. The van der Waals surface area contributed by atoms with Crippen molar-refractivity contribution in [3.63, 3.8) is 0 Å². The van der Waals surface area contributed by atoms with E-state index in [-0.39, 0.29) is 18.7 Å². The summed E-state index contributed by atoms with van der Waals surface area (Å²) in [4.78, 5) is 41.0. The van der Waals surface area contributed by atoms with Crippen LogP contribution in [0.1, 0.15) is 12.0 Å². The number of hydrogen-bond donors (Lipinski definition) is 1. The van der Waals surface area contributed by atoms with Crippen molar-refractivity contribution in [1.29, 1.82) is 0 Å². The van der Waals surface area contributed by atoms with E-state index in [9.17, 15) is 27.6 Å². The Balaban J connectivity index is 1.60. The second-order valence-corrected chi connectivity index (χ2v) is 7.47. The molecule has 1 fully saturated rings. The zero-order valence-electron chi connectivity index (χ0n) is 17.2. The lowest BCUT2D eigenvalue weighted by Crippen LogP contribution is -2.37. The van der Waals surface area contributed by atoms with E-state index < -0.39 is 41.3 Å². The highest BCUT2D eigenvalue weighted by Gasteiger charge is 2.46. The molecule has 0 bridgehead atoms. The number of hydrogen-bond acceptors (Lipinski definition) is 3. The fraction of sp³-hybridized carbons (Fsp3) is 0.125. The molecule has 168 valence electrons. The molecule has 1 unspecified atom stereocenters. The minimum absolute atomic E-state index is 0.117. The van der Waals surface area contributed by atoms with Crippen LogP contribution in [0, 0.1) is 17.5 Å². The fourth-order valence-corrected chi connectivity index (χ4v) is 3.59. The third kappa shape index (κ3) is 4.87. The van der Waals surface area contributed by atoms with Crippen molar-refractivity contribution >= 4 is 29.2 Å². The van der Waals surface area contributed by atoms with Crippen molar-refractivity contribution in [2.24, 2.45) is 0 Å². The molecule has 0 aromatic heterocycles. The van der Waals surface area contributed by atoms with Gasteiger partial charge in [-0.15, -0.1) is 0 Å². The summed E-state index contributed by atoms with van der Waals surface area (Å²) < 4.78 is 40.1. The lowest BCUT2D eigenvalue weighted by Gasteiger charge is -2.21. The molecule has 0 aliphatic carbocycles. The quantitative estimate of drug-likeness (QED) is 0.560. The van der Waals surface area contributed by atoms with Gasteiger partial charge in [0.25, 0.3) is 5.91 Å². The molecule has 0 spiro atoms. The predicted molar refractivity (Wildman–Crippen MR) is 115 cm³/mol. The summed E-state index contributed by atoms with van der Waals surface area (Å²) in [6, 6.07) is 13.5. The topological polar surface area (TPSA) is 69.7 Å². The molecule has 3 aromatic rings. The first-order valence-corrected chi connectivity index (χ1v) is 10.0. The van der Waals surface area contributed by atoms with E-state index >= 15 is 0 Å². The highest BCUT2D eigenvalue weighted by Crippen LogP contribution is 2.29. The van der Waals surface area contributed by atoms with Crippen molar-refractivity contribution in [2.45, 2.75) is 19.0 Å². The number of halogens is 3. The van der Waals surface area contributed by atoms with Gasteiger partial charge in [-0.1, -0.05) is 12.1 Å². The lowest BCUT2D eigenvalue weighted by molar-refractivity contribution is -0.124. The summed E-state index contributed by atoms with van der Waals surface area (Å²) in [5.74, 6) is -2.76. The van der Waals surface area contributed by atoms with Crippen LogP contribution in [0.15, 0.2) is 72.8 Å². The summed E-state index contributed by atoms with van der Waals surface area (Å²) in [6.07, 6.45) is -0.380. The van der Waals surface area contributed by atoms with Crippen LogP contribution in [0.2, 0.25) is 0 Å². The molecule has 1 heterocycles. The van der Waals surface area contributed by atoms with E-state index in [4.69, 9.17) is 0 Å². The summed E-state index contributed by atoms with van der Waals surface area (Å²) in [5.41, 5.74) is 0.906. The van der Waals surface area contributed by atoms with Gasteiger partial charge in [-0.2, -0.15) is 0 Å². The minimum Gasteiger partial charge on any atom is -0.326 e. The molecular formula is C24H18F3N3O3. The molecule has 33 heavy (non-hydrogen) atoms. The van der Waals surface area contributed by atoms with Crippen LogP contribution in [0.25, 0.3) is 0 Å². The van der Waals surface area contributed by atoms with E-state index in [1.807, 2.05) is 0 Å². The standard InChI is InChI=1S/C24H18F3N3O3/c25-16-4-8-19(9-5-16)28-22(31)13-21-23(32)30(20-10-6-17(26)7-11-20)24(33)29(21)14-15-2-1-3-18(27)12-15/h1-12,21H,13-14H2,(H,28,31). The highest BCUT2D eigenvalue weighted by atomic mass is 19.1. The molecule has 1 aliphatic rings. The normalized spacial score (nSPS) is 15.8. The van der Waals surface area contributed by atoms with Gasteiger partial charge in [0.05, 0.1) is 12.1 Å². The maximum atomic E-state index is 13.7. The molecule has 4 rings (SSSR count). The molecule has 0 saturated carbocycles. The Morgan fingerprint density at radius 1 is 0.848 bits per heavy atom. The Kier molecular flexibility index (Phi) is 6.12. The van der Waals surface area contributed by atoms with Gasteiger partial charge in [0.2, 0.25) is 5.91 Å². The molecule has 3 aromatic carbocycles. The Bertz CT molecular complexity index is 1200. The Labute approximate surface area is 187 Å². The van der Waals surface area contributed by atoms with Gasteiger partial charge >= 0.3 is 6.03 Å². The van der Waals surface area contributed by atoms with E-state index in [1.165, 1.54) is 59.5 Å². The van der Waals surface area contributed by atoms with E-state index in [2.05, 4.69) is 5.32 Å². The number of nitrogens with zero attached hydrogens (tertiary/aromatic N) is 2. The van der Waals surface area contributed by atoms with Gasteiger partial charge in [-0.05, 0) is 66.2 Å². The van der Waals surface area contributed by atoms with Gasteiger partial charge in [-0.3, -0.25) is 9.59 Å². The van der Waals surface area contributed by atoms with E-state index in [0.29, 0.717) is 11.3 Å². The maximum absolute atomic E-state index is 13.7. The predicted octanol–water partition coefficient (Wildman–Crippen LogP) is 4.47. The zero-order valence-corrected chi connectivity index (χ0v) is 17.2. The van der Waals surface area contributed by atoms with Crippen molar-refractivity contribution in [1.82, 2.24) is 4.90 Å². The number of benzene rings is 3. The molecular weight excluding hydrogens is 435 g/mol. The first-order valence-electron chi connectivity index (χ1n) is 10.0. The summed E-state index contributed by atoms with van der Waals surface area (Å²) in [6.45, 7) is -0.117. The zero-order chi connectivity index (χ0) is 23.5. The summed E-state index contributed by atoms with van der Waals surface area (Å²) in [7, 11) is 0. The van der Waals surface area contributed by atoms with Crippen LogP contribution in [-0.4, -0.2) is 28.8 Å². The third-order valence-corrected chi connectivity index (χ3v) is 5.15. The number of amides is 4. The monoisotopic (exact) mass is 453 g/mol. The molecule has 0 radical (unpaired) electrons. The van der Waals surface area contributed by atoms with Crippen molar-refractivity contribution in [2.75, 3.05) is 10.2 Å². The van der Waals surface area contributed by atoms with E-state index in [0.717, 1.165) is 17.0 Å². The largest absolute Gasteiger partial charge is 0.332 e. The van der Waals surface area contributed by atoms with Gasteiger partial charge in [0, 0.05) is 12.2 Å². The first-order chi connectivity index (χ1) is 15.8. The minimum atomic E-state index is -1.17. The second kappa shape index (κ2) is 9.15. The number of imide groups is 1. The van der Waals surface area contributed by atoms with Crippen molar-refractivity contribution in [3.8, 4) is 0 Å². The fourth-order valence-electron chi connectivity index (χ4n) is 3.59. The molecule has 6 nitrogen and oxygen atoms in total. The number of anilines is 2. The van der Waals surface area contributed by atoms with Crippen molar-refractivity contribution in [3.05, 3.63) is 95.8 Å². The average Bonchev–Trinajstić information content (AvgIpc) is 3.00. The summed E-state index contributed by atoms with van der Waals surface area (Å²) in [5, 5.41) is 2.56. The number of nitrogens with one attached hydrogen (secondary N) is 1. The highest BCUT2D eigenvalue weighted by molar-refractivity contribution is 6.22. The van der Waals surface area contributed by atoms with Crippen LogP contribution in [-0.2, 0) is 16.1 Å². The molecule has 4 amide bonds. The van der Waals surface area contributed by atoms with E-state index in [1.54, 1.807) is 6.07 Å². The Morgan fingerprint density at radius 3 is 2.12 bits per heavy atom. The number of urea groups is 1. The average molecular weight is 453 g/mol. The van der Waals surface area contributed by atoms with Gasteiger partial charge < -0.3 is 10.2 Å². The summed E-state index contributed by atoms with van der Waals surface area (Å²) >= 11 is 0. The third-order valence-electron chi connectivity index (χ3n) is 5.15. The Morgan fingerprint density at radius 2 is 1.48 bits per heavy atom. The van der Waals surface area contributed by atoms with Gasteiger partial charge in [-0.25, -0.2) is 22.9 Å². The van der Waals surface area contributed by atoms with Crippen molar-refractivity contribution < 1.29 is 27.6 Å². The molecule has 1 atom stereocenters. The smallest absolute Gasteiger partial charge is 0.326 e. The molecule has 1 saturated heterocycles. The van der Waals surface area contributed by atoms with Gasteiger partial charge in [0.1, 0.15) is 23.5 Å². The number of carbonyl (C=O) groups excluding carboxylic acids is 3. The van der Waals surface area contributed by atoms with Crippen LogP contribution in [0.4, 0.5) is 29.3 Å².